The predicted octanol–water partition coefficient (Wildman–Crippen LogP) is 3.47. The van der Waals surface area contributed by atoms with E-state index in [2.05, 4.69) is 0 Å². The van der Waals surface area contributed by atoms with Crippen molar-refractivity contribution in [2.24, 2.45) is 5.92 Å². The van der Waals surface area contributed by atoms with Gasteiger partial charge in [0, 0.05) is 17.2 Å². The second kappa shape index (κ2) is 3.77. The number of carbonyl (C=O) groups excluding carboxylic acids is 1. The summed E-state index contributed by atoms with van der Waals surface area (Å²) < 4.78 is 0. The molecule has 17 heavy (non-hydrogen) atoms. The molecule has 0 radical (unpaired) electrons. The van der Waals surface area contributed by atoms with Crippen LogP contribution in [0.25, 0.3) is 10.8 Å². The van der Waals surface area contributed by atoms with E-state index in [-0.39, 0.29) is 17.5 Å². The van der Waals surface area contributed by atoms with Crippen molar-refractivity contribution in [3.63, 3.8) is 0 Å². The summed E-state index contributed by atoms with van der Waals surface area (Å²) in [5.74, 6) is 1.14. The average Bonchev–Trinajstić information content (AvgIpc) is 2.33. The summed E-state index contributed by atoms with van der Waals surface area (Å²) in [7, 11) is 0. The van der Waals surface area contributed by atoms with E-state index in [0.717, 1.165) is 21.4 Å². The Bertz CT molecular complexity index is 619. The molecular weight excluding hydrogens is 232 g/mol. The number of rotatable bonds is 0. The fourth-order valence-electron chi connectivity index (χ4n) is 2.23. The molecule has 1 aliphatic heterocycles. The first kappa shape index (κ1) is 10.7. The second-order valence-electron chi connectivity index (χ2n) is 4.40. The van der Waals surface area contributed by atoms with Gasteiger partial charge in [-0.05, 0) is 16.8 Å². The molecule has 3 rings (SSSR count). The van der Waals surface area contributed by atoms with Crippen molar-refractivity contribution < 1.29 is 9.90 Å². The maximum Gasteiger partial charge on any atom is 0.168 e. The standard InChI is InChI=1S/C14H12O2S/c1-8-7-17-14-11(15)6-9-4-2-3-5-10(9)12(14)13(8)16/h2-6,8,15H,7H2,1H3. The number of fused-ring (bicyclic) bond motifs is 3. The van der Waals surface area contributed by atoms with Crippen LogP contribution >= 0.6 is 11.8 Å². The van der Waals surface area contributed by atoms with Gasteiger partial charge in [-0.2, -0.15) is 0 Å². The van der Waals surface area contributed by atoms with Crippen LogP contribution in [0.3, 0.4) is 0 Å². The van der Waals surface area contributed by atoms with Crippen LogP contribution in [0.15, 0.2) is 35.2 Å². The molecule has 1 atom stereocenters. The number of aromatic hydroxyl groups is 1. The smallest absolute Gasteiger partial charge is 0.168 e. The van der Waals surface area contributed by atoms with Crippen molar-refractivity contribution in [1.29, 1.82) is 0 Å². The third-order valence-corrected chi connectivity index (χ3v) is 4.52. The normalized spacial score (nSPS) is 19.4. The molecule has 1 unspecified atom stereocenters. The highest BCUT2D eigenvalue weighted by Crippen LogP contribution is 2.42. The molecule has 0 aromatic heterocycles. The maximum atomic E-state index is 12.3. The van der Waals surface area contributed by atoms with E-state index in [0.29, 0.717) is 5.56 Å². The topological polar surface area (TPSA) is 37.3 Å². The fourth-order valence-corrected chi connectivity index (χ4v) is 3.36. The Kier molecular flexibility index (Phi) is 2.37. The van der Waals surface area contributed by atoms with E-state index >= 15 is 0 Å². The van der Waals surface area contributed by atoms with E-state index in [4.69, 9.17) is 0 Å². The first-order chi connectivity index (χ1) is 8.18. The number of thioether (sulfide) groups is 1. The Labute approximate surface area is 104 Å². The van der Waals surface area contributed by atoms with Crippen LogP contribution in [0, 0.1) is 5.92 Å². The number of ketones is 1. The molecular formula is C14H12O2S. The van der Waals surface area contributed by atoms with Crippen molar-refractivity contribution in [3.8, 4) is 5.75 Å². The summed E-state index contributed by atoms with van der Waals surface area (Å²) in [5, 5.41) is 11.9. The van der Waals surface area contributed by atoms with Gasteiger partial charge in [0.15, 0.2) is 5.78 Å². The zero-order valence-electron chi connectivity index (χ0n) is 9.43. The van der Waals surface area contributed by atoms with Crippen LogP contribution in [-0.4, -0.2) is 16.6 Å². The van der Waals surface area contributed by atoms with Crippen LogP contribution in [-0.2, 0) is 0 Å². The van der Waals surface area contributed by atoms with Crippen LogP contribution in [0.2, 0.25) is 0 Å². The van der Waals surface area contributed by atoms with E-state index in [1.807, 2.05) is 31.2 Å². The molecule has 1 heterocycles. The average molecular weight is 244 g/mol. The molecule has 0 fully saturated rings. The predicted molar refractivity (Wildman–Crippen MR) is 69.8 cm³/mol. The molecule has 2 aromatic rings. The third-order valence-electron chi connectivity index (χ3n) is 3.15. The minimum Gasteiger partial charge on any atom is -0.507 e. The van der Waals surface area contributed by atoms with Gasteiger partial charge < -0.3 is 5.11 Å². The first-order valence-corrected chi connectivity index (χ1v) is 6.59. The zero-order chi connectivity index (χ0) is 12.0. The number of hydrogen-bond acceptors (Lipinski definition) is 3. The van der Waals surface area contributed by atoms with E-state index < -0.39 is 0 Å². The number of carbonyl (C=O) groups is 1. The molecule has 3 heteroatoms. The lowest BCUT2D eigenvalue weighted by atomic mass is 9.94. The number of benzene rings is 2. The number of phenolic OH excluding ortho intramolecular Hbond substituents is 1. The van der Waals surface area contributed by atoms with E-state index in [1.165, 1.54) is 0 Å². The Morgan fingerprint density at radius 1 is 1.35 bits per heavy atom. The van der Waals surface area contributed by atoms with Crippen molar-refractivity contribution in [1.82, 2.24) is 0 Å². The summed E-state index contributed by atoms with van der Waals surface area (Å²) >= 11 is 1.57. The van der Waals surface area contributed by atoms with E-state index in [1.54, 1.807) is 17.8 Å². The Morgan fingerprint density at radius 2 is 2.12 bits per heavy atom. The van der Waals surface area contributed by atoms with Gasteiger partial charge in [0.1, 0.15) is 5.75 Å². The largest absolute Gasteiger partial charge is 0.507 e. The number of hydrogen-bond donors (Lipinski definition) is 1. The number of Topliss-reactive ketones (excluding diaryl/α,β-unsaturated/α-hetero) is 1. The van der Waals surface area contributed by atoms with Crippen LogP contribution in [0.5, 0.6) is 5.75 Å². The van der Waals surface area contributed by atoms with Gasteiger partial charge in [0.25, 0.3) is 0 Å². The van der Waals surface area contributed by atoms with E-state index in [9.17, 15) is 9.90 Å². The lowest BCUT2D eigenvalue weighted by Crippen LogP contribution is -2.19. The molecule has 1 N–H and O–H groups in total. The lowest BCUT2D eigenvalue weighted by Gasteiger charge is -2.22. The Morgan fingerprint density at radius 3 is 2.94 bits per heavy atom. The van der Waals surface area contributed by atoms with Gasteiger partial charge in [-0.25, -0.2) is 0 Å². The van der Waals surface area contributed by atoms with Gasteiger partial charge >= 0.3 is 0 Å². The van der Waals surface area contributed by atoms with Gasteiger partial charge in [0.05, 0.1) is 4.90 Å². The SMILES string of the molecule is CC1CSc2c(O)cc3ccccc3c2C1=O. The molecule has 2 aromatic carbocycles. The zero-order valence-corrected chi connectivity index (χ0v) is 10.3. The highest BCUT2D eigenvalue weighted by Gasteiger charge is 2.28. The lowest BCUT2D eigenvalue weighted by molar-refractivity contribution is 0.0937. The highest BCUT2D eigenvalue weighted by molar-refractivity contribution is 7.99. The molecule has 0 spiro atoms. The third kappa shape index (κ3) is 1.53. The maximum absolute atomic E-state index is 12.3. The molecule has 1 aliphatic rings. The monoisotopic (exact) mass is 244 g/mol. The highest BCUT2D eigenvalue weighted by atomic mass is 32.2. The molecule has 0 saturated carbocycles. The number of phenols is 1. The van der Waals surface area contributed by atoms with Gasteiger partial charge in [-0.1, -0.05) is 31.2 Å². The summed E-state index contributed by atoms with van der Waals surface area (Å²) in [4.78, 5) is 13.0. The van der Waals surface area contributed by atoms with Crippen LogP contribution in [0.1, 0.15) is 17.3 Å². The molecule has 0 saturated heterocycles. The minimum atomic E-state index is 0.0257. The molecule has 2 nitrogen and oxygen atoms in total. The summed E-state index contributed by atoms with van der Waals surface area (Å²) in [6.45, 7) is 1.94. The first-order valence-electron chi connectivity index (χ1n) is 5.60. The second-order valence-corrected chi connectivity index (χ2v) is 5.43. The van der Waals surface area contributed by atoms with Crippen molar-refractivity contribution in [3.05, 3.63) is 35.9 Å². The van der Waals surface area contributed by atoms with Crippen LogP contribution in [0.4, 0.5) is 0 Å². The summed E-state index contributed by atoms with van der Waals surface area (Å²) in [5.41, 5.74) is 0.698. The van der Waals surface area contributed by atoms with Gasteiger partial charge in [-0.3, -0.25) is 4.79 Å². The summed E-state index contributed by atoms with van der Waals surface area (Å²) in [6.07, 6.45) is 0. The van der Waals surface area contributed by atoms with Gasteiger partial charge in [-0.15, -0.1) is 11.8 Å². The van der Waals surface area contributed by atoms with Crippen molar-refractivity contribution >= 4 is 28.3 Å². The quantitative estimate of drug-likeness (QED) is 0.771. The molecule has 0 bridgehead atoms. The van der Waals surface area contributed by atoms with Crippen LogP contribution < -0.4 is 0 Å². The molecule has 86 valence electrons. The molecule has 0 aliphatic carbocycles. The molecule has 0 amide bonds. The Hall–Kier alpha value is -1.48. The fraction of sp³-hybridized carbons (Fsp3) is 0.214. The summed E-state index contributed by atoms with van der Waals surface area (Å²) in [6, 6.07) is 9.45. The van der Waals surface area contributed by atoms with Crippen molar-refractivity contribution in [2.45, 2.75) is 11.8 Å². The van der Waals surface area contributed by atoms with Gasteiger partial charge in [0.2, 0.25) is 0 Å². The minimum absolute atomic E-state index is 0.0257. The Balaban J connectivity index is 2.41. The van der Waals surface area contributed by atoms with Crippen molar-refractivity contribution in [2.75, 3.05) is 5.75 Å².